The van der Waals surface area contributed by atoms with E-state index in [9.17, 15) is 18.4 Å². The molecule has 0 aliphatic heterocycles. The number of alkyl halides is 3. The van der Waals surface area contributed by atoms with Gasteiger partial charge in [0.2, 0.25) is 0 Å². The Morgan fingerprint density at radius 1 is 1.07 bits per heavy atom. The van der Waals surface area contributed by atoms with Crippen molar-refractivity contribution in [3.63, 3.8) is 0 Å². The highest BCUT2D eigenvalue weighted by molar-refractivity contribution is 7.12. The maximum absolute atomic E-state index is 12.8. The number of hydrogen-bond donors (Lipinski definition) is 0. The summed E-state index contributed by atoms with van der Waals surface area (Å²) in [6.07, 6.45) is -4.42. The van der Waals surface area contributed by atoms with E-state index in [1.807, 2.05) is 0 Å². The molecule has 3 aromatic rings. The van der Waals surface area contributed by atoms with E-state index in [0.717, 1.165) is 12.1 Å². The van der Waals surface area contributed by atoms with Gasteiger partial charge in [-0.25, -0.2) is 0 Å². The monoisotopic (exact) mass is 427 g/mol. The molecule has 0 aliphatic carbocycles. The molecule has 1 aromatic heterocycles. The van der Waals surface area contributed by atoms with Crippen molar-refractivity contribution < 1.29 is 17.9 Å². The van der Waals surface area contributed by atoms with Crippen molar-refractivity contribution in [1.82, 2.24) is 0 Å². The second-order valence-electron chi connectivity index (χ2n) is 5.54. The second-order valence-corrected chi connectivity index (χ2v) is 7.20. The average Bonchev–Trinajstić information content (AvgIpc) is 3.04. The molecule has 0 N–H and O–H groups in total. The Balaban J connectivity index is 1.84. The van der Waals surface area contributed by atoms with Gasteiger partial charge in [-0.05, 0) is 35.4 Å². The molecule has 0 amide bonds. The fraction of sp³-hybridized carbons (Fsp3) is 0.105. The van der Waals surface area contributed by atoms with Crippen molar-refractivity contribution in [2.24, 2.45) is 0 Å². The Labute approximate surface area is 167 Å². The van der Waals surface area contributed by atoms with Gasteiger partial charge in [0.15, 0.2) is 5.06 Å². The number of nitriles is 1. The first-order valence-electron chi connectivity index (χ1n) is 7.55. The van der Waals surface area contributed by atoms with E-state index in [0.29, 0.717) is 37.4 Å². The van der Waals surface area contributed by atoms with Crippen molar-refractivity contribution in [1.29, 1.82) is 5.26 Å². The van der Waals surface area contributed by atoms with Gasteiger partial charge in [0, 0.05) is 10.9 Å². The topological polar surface area (TPSA) is 33.0 Å². The fourth-order valence-corrected chi connectivity index (χ4v) is 3.59. The summed E-state index contributed by atoms with van der Waals surface area (Å²) in [6.45, 7) is -0.0834. The first-order chi connectivity index (χ1) is 12.8. The van der Waals surface area contributed by atoms with Crippen LogP contribution in [0.1, 0.15) is 16.7 Å². The van der Waals surface area contributed by atoms with Crippen molar-refractivity contribution >= 4 is 34.5 Å². The molecule has 0 saturated heterocycles. The minimum atomic E-state index is -4.42. The molecule has 8 heteroatoms. The van der Waals surface area contributed by atoms with Crippen LogP contribution in [0.4, 0.5) is 13.2 Å². The van der Waals surface area contributed by atoms with Crippen molar-refractivity contribution in [2.75, 3.05) is 0 Å². The van der Waals surface area contributed by atoms with Gasteiger partial charge in [0.1, 0.15) is 18.2 Å². The largest absolute Gasteiger partial charge is 0.478 e. The van der Waals surface area contributed by atoms with Crippen molar-refractivity contribution in [2.45, 2.75) is 12.8 Å². The van der Waals surface area contributed by atoms with Gasteiger partial charge in [-0.1, -0.05) is 41.4 Å². The van der Waals surface area contributed by atoms with Crippen LogP contribution in [0.2, 0.25) is 10.0 Å². The van der Waals surface area contributed by atoms with E-state index >= 15 is 0 Å². The molecular weight excluding hydrogens is 418 g/mol. The molecule has 0 aliphatic rings. The van der Waals surface area contributed by atoms with Gasteiger partial charge in [0.05, 0.1) is 15.6 Å². The van der Waals surface area contributed by atoms with E-state index in [1.54, 1.807) is 23.6 Å². The van der Waals surface area contributed by atoms with E-state index in [4.69, 9.17) is 27.9 Å². The molecular formula is C19H10Cl2F3NOS. The average molecular weight is 428 g/mol. The van der Waals surface area contributed by atoms with E-state index in [1.165, 1.54) is 23.5 Å². The van der Waals surface area contributed by atoms with E-state index < -0.39 is 11.7 Å². The third kappa shape index (κ3) is 4.38. The van der Waals surface area contributed by atoms with E-state index in [-0.39, 0.29) is 6.61 Å². The Bertz CT molecular complexity index is 1020. The van der Waals surface area contributed by atoms with Crippen molar-refractivity contribution in [3.05, 3.63) is 74.6 Å². The first kappa shape index (κ1) is 19.6. The van der Waals surface area contributed by atoms with Gasteiger partial charge >= 0.3 is 6.18 Å². The summed E-state index contributed by atoms with van der Waals surface area (Å²) < 4.78 is 44.0. The number of benzene rings is 2. The first-order valence-corrected chi connectivity index (χ1v) is 9.19. The lowest BCUT2D eigenvalue weighted by Crippen LogP contribution is -2.06. The van der Waals surface area contributed by atoms with Crippen LogP contribution in [0, 0.1) is 11.3 Å². The standard InChI is InChI=1S/C19H10Cl2F3NOS/c20-16-5-4-12(7-17(16)21)15-10-27-18(14(15)8-25)26-9-11-2-1-3-13(6-11)19(22,23)24/h1-7,10H,9H2. The van der Waals surface area contributed by atoms with Crippen LogP contribution in [-0.4, -0.2) is 0 Å². The molecule has 0 bridgehead atoms. The molecule has 0 unspecified atom stereocenters. The van der Waals surface area contributed by atoms with Crippen LogP contribution in [0.5, 0.6) is 5.06 Å². The van der Waals surface area contributed by atoms with E-state index in [2.05, 4.69) is 6.07 Å². The Morgan fingerprint density at radius 2 is 1.85 bits per heavy atom. The summed E-state index contributed by atoms with van der Waals surface area (Å²) in [7, 11) is 0. The SMILES string of the molecule is N#Cc1c(-c2ccc(Cl)c(Cl)c2)csc1OCc1cccc(C(F)(F)F)c1. The number of thiophene rings is 1. The zero-order chi connectivity index (χ0) is 19.6. The number of rotatable bonds is 4. The Hall–Kier alpha value is -2.20. The normalized spacial score (nSPS) is 11.3. The Kier molecular flexibility index (Phi) is 5.66. The quantitative estimate of drug-likeness (QED) is 0.441. The van der Waals surface area contributed by atoms with Gasteiger partial charge in [0.25, 0.3) is 0 Å². The van der Waals surface area contributed by atoms with Crippen LogP contribution in [0.3, 0.4) is 0 Å². The summed E-state index contributed by atoms with van der Waals surface area (Å²) in [6, 6.07) is 12.0. The number of hydrogen-bond acceptors (Lipinski definition) is 3. The molecule has 0 radical (unpaired) electrons. The zero-order valence-electron chi connectivity index (χ0n) is 13.5. The van der Waals surface area contributed by atoms with Gasteiger partial charge in [-0.15, -0.1) is 11.3 Å². The summed E-state index contributed by atoms with van der Waals surface area (Å²) in [5, 5.41) is 12.3. The highest BCUT2D eigenvalue weighted by Crippen LogP contribution is 2.39. The third-order valence-corrected chi connectivity index (χ3v) is 5.35. The summed E-state index contributed by atoms with van der Waals surface area (Å²) in [5.41, 5.74) is 1.24. The lowest BCUT2D eigenvalue weighted by Gasteiger charge is -2.09. The third-order valence-electron chi connectivity index (χ3n) is 3.72. The van der Waals surface area contributed by atoms with Crippen LogP contribution >= 0.6 is 34.5 Å². The molecule has 2 nitrogen and oxygen atoms in total. The summed E-state index contributed by atoms with van der Waals surface area (Å²) >= 11 is 13.1. The molecule has 3 rings (SSSR count). The van der Waals surface area contributed by atoms with Gasteiger partial charge in [-0.3, -0.25) is 0 Å². The molecule has 0 saturated carbocycles. The van der Waals surface area contributed by atoms with Crippen molar-refractivity contribution in [3.8, 4) is 22.3 Å². The fourth-order valence-electron chi connectivity index (χ4n) is 2.41. The molecule has 138 valence electrons. The predicted octanol–water partition coefficient (Wildman–Crippen LogP) is 7.19. The predicted molar refractivity (Wildman–Crippen MR) is 100 cm³/mol. The minimum Gasteiger partial charge on any atom is -0.478 e. The smallest absolute Gasteiger partial charge is 0.416 e. The number of halogens is 5. The van der Waals surface area contributed by atoms with Crippen LogP contribution in [0.25, 0.3) is 11.1 Å². The molecule has 0 atom stereocenters. The molecule has 0 fully saturated rings. The number of nitrogens with zero attached hydrogens (tertiary/aromatic N) is 1. The highest BCUT2D eigenvalue weighted by Gasteiger charge is 2.30. The maximum atomic E-state index is 12.8. The van der Waals surface area contributed by atoms with Crippen LogP contribution in [-0.2, 0) is 12.8 Å². The minimum absolute atomic E-state index is 0.0834. The zero-order valence-corrected chi connectivity index (χ0v) is 15.8. The molecule has 1 heterocycles. The second kappa shape index (κ2) is 7.81. The highest BCUT2D eigenvalue weighted by atomic mass is 35.5. The lowest BCUT2D eigenvalue weighted by atomic mass is 10.1. The Morgan fingerprint density at radius 3 is 2.52 bits per heavy atom. The van der Waals surface area contributed by atoms with Crippen LogP contribution < -0.4 is 4.74 Å². The van der Waals surface area contributed by atoms with Crippen LogP contribution in [0.15, 0.2) is 47.8 Å². The summed E-state index contributed by atoms with van der Waals surface area (Å²) in [5.74, 6) is 0. The number of ether oxygens (including phenoxy) is 1. The summed E-state index contributed by atoms with van der Waals surface area (Å²) in [4.78, 5) is 0. The maximum Gasteiger partial charge on any atom is 0.416 e. The van der Waals surface area contributed by atoms with Gasteiger partial charge in [-0.2, -0.15) is 18.4 Å². The van der Waals surface area contributed by atoms with Gasteiger partial charge < -0.3 is 4.74 Å². The molecule has 0 spiro atoms. The molecule has 27 heavy (non-hydrogen) atoms. The lowest BCUT2D eigenvalue weighted by molar-refractivity contribution is -0.137. The molecule has 2 aromatic carbocycles.